The Labute approximate surface area is 177 Å². The van der Waals surface area contributed by atoms with Crippen LogP contribution < -0.4 is 10.6 Å². The molecule has 0 unspecified atom stereocenters. The Hall–Kier alpha value is -2.62. The highest BCUT2D eigenvalue weighted by Gasteiger charge is 2.43. The molecule has 31 heavy (non-hydrogen) atoms. The number of alkyl halides is 3. The molecule has 0 fully saturated rings. The molecule has 0 atom stereocenters. The fraction of sp³-hybridized carbons (Fsp3) is 0.476. The summed E-state index contributed by atoms with van der Waals surface area (Å²) in [6, 6.07) is 3.20. The van der Waals surface area contributed by atoms with Crippen molar-refractivity contribution in [3.8, 4) is 0 Å². The van der Waals surface area contributed by atoms with Gasteiger partial charge in [-0.25, -0.2) is 8.78 Å². The number of hydrogen-bond acceptors (Lipinski definition) is 4. The number of benzene rings is 1. The lowest BCUT2D eigenvalue weighted by molar-refractivity contribution is -0.140. The van der Waals surface area contributed by atoms with Crippen LogP contribution in [0.5, 0.6) is 0 Å². The van der Waals surface area contributed by atoms with Crippen molar-refractivity contribution in [1.82, 2.24) is 10.6 Å². The summed E-state index contributed by atoms with van der Waals surface area (Å²) >= 11 is 0. The van der Waals surface area contributed by atoms with Crippen LogP contribution in [0.4, 0.5) is 22.0 Å². The lowest BCUT2D eigenvalue weighted by Gasteiger charge is -2.30. The van der Waals surface area contributed by atoms with Gasteiger partial charge < -0.3 is 10.6 Å². The molecule has 10 heteroatoms. The van der Waals surface area contributed by atoms with Crippen LogP contribution in [0.1, 0.15) is 45.6 Å². The zero-order valence-electron chi connectivity index (χ0n) is 17.5. The summed E-state index contributed by atoms with van der Waals surface area (Å²) in [5.74, 6) is -4.36. The molecule has 0 heterocycles. The van der Waals surface area contributed by atoms with Gasteiger partial charge in [-0.1, -0.05) is 32.1 Å². The number of carbonyl (C=O) groups is 3. The van der Waals surface area contributed by atoms with Gasteiger partial charge in [0, 0.05) is 38.3 Å². The molecule has 172 valence electrons. The third-order valence-corrected chi connectivity index (χ3v) is 4.58. The number of amides is 1. The Morgan fingerprint density at radius 3 is 2.10 bits per heavy atom. The molecule has 0 aromatic heterocycles. The number of nitrogens with one attached hydrogen (secondary N) is 2. The predicted molar refractivity (Wildman–Crippen MR) is 105 cm³/mol. The molecule has 1 rings (SSSR count). The lowest BCUT2D eigenvalue weighted by Crippen LogP contribution is -2.59. The minimum atomic E-state index is -4.54. The topological polar surface area (TPSA) is 75.3 Å². The third kappa shape index (κ3) is 7.23. The summed E-state index contributed by atoms with van der Waals surface area (Å²) in [6.07, 6.45) is -3.99. The Kier molecular flexibility index (Phi) is 9.48. The molecule has 2 N–H and O–H groups in total. The van der Waals surface area contributed by atoms with E-state index in [-0.39, 0.29) is 24.0 Å². The number of halogens is 5. The minimum absolute atomic E-state index is 0.0937. The van der Waals surface area contributed by atoms with Gasteiger partial charge in [-0.2, -0.15) is 13.2 Å². The number of rotatable bonds is 11. The van der Waals surface area contributed by atoms with Gasteiger partial charge in [0.1, 0.15) is 0 Å². The highest BCUT2D eigenvalue weighted by atomic mass is 19.4. The first-order valence-corrected chi connectivity index (χ1v) is 9.64. The van der Waals surface area contributed by atoms with E-state index in [1.165, 1.54) is 32.1 Å². The zero-order chi connectivity index (χ0) is 23.8. The Morgan fingerprint density at radius 1 is 1.03 bits per heavy atom. The van der Waals surface area contributed by atoms with Crippen molar-refractivity contribution < 1.29 is 36.3 Å². The van der Waals surface area contributed by atoms with Crippen molar-refractivity contribution in [3.05, 3.63) is 41.5 Å². The molecule has 0 radical (unpaired) electrons. The maximum Gasteiger partial charge on any atom is 0.401 e. The fourth-order valence-corrected chi connectivity index (χ4v) is 3.12. The maximum atomic E-state index is 14.3. The van der Waals surface area contributed by atoms with E-state index in [2.05, 4.69) is 10.6 Å². The smallest absolute Gasteiger partial charge is 0.337 e. The van der Waals surface area contributed by atoms with Crippen molar-refractivity contribution in [1.29, 1.82) is 0 Å². The van der Waals surface area contributed by atoms with Crippen LogP contribution in [0, 0.1) is 11.6 Å². The van der Waals surface area contributed by atoms with E-state index in [4.69, 9.17) is 0 Å². The van der Waals surface area contributed by atoms with Crippen molar-refractivity contribution >= 4 is 23.0 Å². The predicted octanol–water partition coefficient (Wildman–Crippen LogP) is 3.72. The highest BCUT2D eigenvalue weighted by Crippen LogP contribution is 2.25. The minimum Gasteiger partial charge on any atom is -0.337 e. The first-order chi connectivity index (χ1) is 14.4. The van der Waals surface area contributed by atoms with E-state index in [9.17, 15) is 36.3 Å². The normalized spacial score (nSPS) is 12.6. The second-order valence-corrected chi connectivity index (χ2v) is 6.89. The molecule has 0 aliphatic heterocycles. The molecule has 1 aromatic rings. The summed E-state index contributed by atoms with van der Waals surface area (Å²) in [5, 5.41) is 4.45. The third-order valence-electron chi connectivity index (χ3n) is 4.58. The molecule has 0 bridgehead atoms. The molecular formula is C21H25F5N2O3. The van der Waals surface area contributed by atoms with Gasteiger partial charge in [0.15, 0.2) is 28.7 Å². The van der Waals surface area contributed by atoms with Crippen LogP contribution in [0.15, 0.2) is 24.3 Å². The van der Waals surface area contributed by atoms with E-state index >= 15 is 0 Å². The molecule has 1 aromatic carbocycles. The maximum absolute atomic E-state index is 14.3. The van der Waals surface area contributed by atoms with Crippen molar-refractivity contribution in [2.24, 2.45) is 0 Å². The van der Waals surface area contributed by atoms with Crippen molar-refractivity contribution in [2.75, 3.05) is 13.1 Å². The first kappa shape index (κ1) is 26.4. The summed E-state index contributed by atoms with van der Waals surface area (Å²) in [7, 11) is 0. The summed E-state index contributed by atoms with van der Waals surface area (Å²) in [4.78, 5) is 37.0. The molecule has 5 nitrogen and oxygen atoms in total. The van der Waals surface area contributed by atoms with Crippen LogP contribution in [0.2, 0.25) is 0 Å². The first-order valence-electron chi connectivity index (χ1n) is 9.64. The van der Waals surface area contributed by atoms with Gasteiger partial charge in [0.05, 0.1) is 6.54 Å². The fourth-order valence-electron chi connectivity index (χ4n) is 3.12. The number of Topliss-reactive ketones (excluding diaryl/α,β-unsaturated/α-hetero) is 2. The Bertz CT molecular complexity index is 834. The van der Waals surface area contributed by atoms with Crippen LogP contribution in [-0.4, -0.2) is 42.3 Å². The SMILES string of the molecule is CCC(=O)C(C/C=C(\CNCC(F)(F)F)c1cccc(F)c1F)(NC(C)=O)C(=O)CC. The number of carbonyl (C=O) groups excluding carboxylic acids is 3. The van der Waals surface area contributed by atoms with E-state index in [0.717, 1.165) is 13.0 Å². The summed E-state index contributed by atoms with van der Waals surface area (Å²) < 4.78 is 65.6. The molecule has 0 spiro atoms. The molecule has 0 aliphatic rings. The highest BCUT2D eigenvalue weighted by molar-refractivity contribution is 6.13. The van der Waals surface area contributed by atoms with Gasteiger partial charge >= 0.3 is 6.18 Å². The largest absolute Gasteiger partial charge is 0.401 e. The van der Waals surface area contributed by atoms with Crippen molar-refractivity contribution in [2.45, 2.75) is 51.7 Å². The van der Waals surface area contributed by atoms with E-state index < -0.39 is 60.3 Å². The number of hydrogen-bond donors (Lipinski definition) is 2. The average molecular weight is 448 g/mol. The summed E-state index contributed by atoms with van der Waals surface area (Å²) in [5.41, 5.74) is -2.36. The Balaban J connectivity index is 3.46. The average Bonchev–Trinajstić information content (AvgIpc) is 2.69. The monoisotopic (exact) mass is 448 g/mol. The van der Waals surface area contributed by atoms with Gasteiger partial charge in [-0.3, -0.25) is 14.4 Å². The van der Waals surface area contributed by atoms with Gasteiger partial charge in [0.25, 0.3) is 0 Å². The zero-order valence-corrected chi connectivity index (χ0v) is 17.5. The van der Waals surface area contributed by atoms with Gasteiger partial charge in [-0.15, -0.1) is 0 Å². The standard InChI is InChI=1S/C21H25F5N2O3/c1-4-17(30)20(18(31)5-2,28-13(3)29)10-9-14(11-27-12-21(24,25)26)15-7-6-8-16(22)19(15)23/h6-9,27H,4-5,10-12H2,1-3H3,(H,28,29)/b14-9+. The van der Waals surface area contributed by atoms with E-state index in [1.807, 2.05) is 0 Å². The Morgan fingerprint density at radius 2 is 1.61 bits per heavy atom. The van der Waals surface area contributed by atoms with Crippen LogP contribution >= 0.6 is 0 Å². The quantitative estimate of drug-likeness (QED) is 0.400. The van der Waals surface area contributed by atoms with E-state index in [0.29, 0.717) is 0 Å². The van der Waals surface area contributed by atoms with Crippen molar-refractivity contribution in [3.63, 3.8) is 0 Å². The molecule has 0 aliphatic carbocycles. The van der Waals surface area contributed by atoms with Crippen LogP contribution in [0.3, 0.4) is 0 Å². The second kappa shape index (κ2) is 11.1. The van der Waals surface area contributed by atoms with Crippen LogP contribution in [0.25, 0.3) is 5.57 Å². The molecule has 0 saturated heterocycles. The van der Waals surface area contributed by atoms with Gasteiger partial charge in [-0.05, 0) is 11.6 Å². The molecular weight excluding hydrogens is 423 g/mol. The van der Waals surface area contributed by atoms with Crippen LogP contribution in [-0.2, 0) is 14.4 Å². The molecule has 0 saturated carbocycles. The second-order valence-electron chi connectivity index (χ2n) is 6.89. The van der Waals surface area contributed by atoms with Gasteiger partial charge in [0.2, 0.25) is 5.91 Å². The van der Waals surface area contributed by atoms with E-state index in [1.54, 1.807) is 0 Å². The summed E-state index contributed by atoms with van der Waals surface area (Å²) in [6.45, 7) is 2.19. The number of ketones is 2. The lowest BCUT2D eigenvalue weighted by atomic mass is 9.81. The molecule has 1 amide bonds.